The molecule has 0 aromatic heterocycles. The molecule has 0 bridgehead atoms. The van der Waals surface area contributed by atoms with Gasteiger partial charge >= 0.3 is 0 Å². The predicted molar refractivity (Wildman–Crippen MR) is 104 cm³/mol. The minimum Gasteiger partial charge on any atom is -0.325 e. The first kappa shape index (κ1) is 17.4. The Morgan fingerprint density at radius 1 is 1.31 bits per heavy atom. The summed E-state index contributed by atoms with van der Waals surface area (Å²) in [7, 11) is 0. The predicted octanol–water partition coefficient (Wildman–Crippen LogP) is 4.95. The molecule has 1 N–H and O–H groups in total. The molecule has 26 heavy (non-hydrogen) atoms. The van der Waals surface area contributed by atoms with Crippen molar-refractivity contribution in [2.24, 2.45) is 16.2 Å². The Kier molecular flexibility index (Phi) is 3.21. The Labute approximate surface area is 159 Å². The van der Waals surface area contributed by atoms with E-state index in [9.17, 15) is 10.1 Å². The molecule has 1 aromatic rings. The van der Waals surface area contributed by atoms with E-state index in [0.29, 0.717) is 12.0 Å². The third kappa shape index (κ3) is 1.47. The third-order valence-electron chi connectivity index (χ3n) is 7.73. The van der Waals surface area contributed by atoms with Gasteiger partial charge in [-0.1, -0.05) is 45.0 Å². The number of amides is 1. The lowest BCUT2D eigenvalue weighted by Crippen LogP contribution is -2.72. The molecule has 3 aliphatic rings. The van der Waals surface area contributed by atoms with Gasteiger partial charge in [0.15, 0.2) is 0 Å². The zero-order valence-corrected chi connectivity index (χ0v) is 16.4. The van der Waals surface area contributed by atoms with Crippen LogP contribution in [0.4, 0.5) is 5.69 Å². The van der Waals surface area contributed by atoms with Crippen LogP contribution in [0.25, 0.3) is 0 Å². The average molecular weight is 367 g/mol. The van der Waals surface area contributed by atoms with Crippen LogP contribution in [0.2, 0.25) is 0 Å². The van der Waals surface area contributed by atoms with E-state index in [-0.39, 0.29) is 22.1 Å². The van der Waals surface area contributed by atoms with Crippen LogP contribution in [0.15, 0.2) is 48.1 Å². The smallest absolute Gasteiger partial charge is 0.239 e. The molecule has 1 heterocycles. The first-order valence-corrected chi connectivity index (χ1v) is 9.41. The summed E-state index contributed by atoms with van der Waals surface area (Å²) in [5, 5.41) is 12.9. The molecule has 1 fully saturated rings. The van der Waals surface area contributed by atoms with Crippen LogP contribution in [0.3, 0.4) is 0 Å². The summed E-state index contributed by atoms with van der Waals surface area (Å²) in [5.41, 5.74) is 1.18. The molecule has 2 aliphatic carbocycles. The second-order valence-electron chi connectivity index (χ2n) is 8.73. The number of fused-ring (bicyclic) bond motifs is 4. The summed E-state index contributed by atoms with van der Waals surface area (Å²) in [6.45, 7) is 12.3. The maximum Gasteiger partial charge on any atom is 0.239 e. The lowest BCUT2D eigenvalue weighted by atomic mass is 9.30. The van der Waals surface area contributed by atoms with Crippen LogP contribution in [0, 0.1) is 27.6 Å². The number of anilines is 1. The highest BCUT2D eigenvalue weighted by Gasteiger charge is 2.79. The normalized spacial score (nSPS) is 39.5. The first-order chi connectivity index (χ1) is 12.1. The molecule has 1 aromatic carbocycles. The third-order valence-corrected chi connectivity index (χ3v) is 8.33. The molecule has 4 heteroatoms. The number of carbonyl (C=O) groups excluding carboxylic acids is 1. The minimum atomic E-state index is -0.829. The zero-order chi connectivity index (χ0) is 19.1. The van der Waals surface area contributed by atoms with Gasteiger partial charge in [0.2, 0.25) is 5.91 Å². The van der Waals surface area contributed by atoms with Crippen LogP contribution in [-0.2, 0) is 10.2 Å². The molecule has 3 nitrogen and oxygen atoms in total. The fourth-order valence-electron chi connectivity index (χ4n) is 5.74. The fourth-order valence-corrected chi connectivity index (χ4v) is 6.25. The van der Waals surface area contributed by atoms with E-state index in [4.69, 9.17) is 11.6 Å². The van der Waals surface area contributed by atoms with Crippen molar-refractivity contribution in [3.63, 3.8) is 0 Å². The Bertz CT molecular complexity index is 940. The second-order valence-corrected chi connectivity index (χ2v) is 9.25. The molecule has 0 unspecified atom stereocenters. The number of nitrogens with one attached hydrogen (secondary N) is 1. The van der Waals surface area contributed by atoms with Gasteiger partial charge in [0.25, 0.3) is 0 Å². The summed E-state index contributed by atoms with van der Waals surface area (Å²) in [6.07, 6.45) is 2.48. The van der Waals surface area contributed by atoms with E-state index < -0.39 is 10.8 Å². The molecule has 1 spiro atoms. The van der Waals surface area contributed by atoms with E-state index in [0.717, 1.165) is 16.8 Å². The Morgan fingerprint density at radius 3 is 2.58 bits per heavy atom. The van der Waals surface area contributed by atoms with Crippen LogP contribution >= 0.6 is 11.6 Å². The maximum atomic E-state index is 13.4. The number of halogens is 1. The zero-order valence-electron chi connectivity index (χ0n) is 15.6. The summed E-state index contributed by atoms with van der Waals surface area (Å²) >= 11 is 6.78. The number of nitrogens with zero attached hydrogens (tertiary/aromatic N) is 1. The van der Waals surface area contributed by atoms with Crippen molar-refractivity contribution < 1.29 is 4.79 Å². The molecule has 1 saturated carbocycles. The van der Waals surface area contributed by atoms with Crippen LogP contribution < -0.4 is 5.32 Å². The van der Waals surface area contributed by atoms with Crippen LogP contribution in [0.1, 0.15) is 39.7 Å². The number of carbonyl (C=O) groups is 1. The van der Waals surface area contributed by atoms with Crippen molar-refractivity contribution in [1.29, 1.82) is 5.26 Å². The molecule has 0 saturated heterocycles. The van der Waals surface area contributed by atoms with Crippen molar-refractivity contribution in [1.82, 2.24) is 0 Å². The highest BCUT2D eigenvalue weighted by atomic mass is 35.5. The monoisotopic (exact) mass is 366 g/mol. The number of nitriles is 1. The van der Waals surface area contributed by atoms with Crippen molar-refractivity contribution in [2.75, 3.05) is 5.32 Å². The second kappa shape index (κ2) is 4.81. The van der Waals surface area contributed by atoms with Crippen molar-refractivity contribution >= 4 is 23.2 Å². The minimum absolute atomic E-state index is 0.0386. The van der Waals surface area contributed by atoms with Gasteiger partial charge in [0.05, 0.1) is 6.07 Å². The molecule has 134 valence electrons. The van der Waals surface area contributed by atoms with Crippen molar-refractivity contribution in [2.45, 2.75) is 44.9 Å². The largest absolute Gasteiger partial charge is 0.325 e. The van der Waals surface area contributed by atoms with Crippen molar-refractivity contribution in [3.05, 3.63) is 53.6 Å². The molecule has 0 radical (unpaired) electrons. The van der Waals surface area contributed by atoms with Gasteiger partial charge in [0.1, 0.15) is 5.41 Å². The topological polar surface area (TPSA) is 52.9 Å². The molecule has 4 rings (SSSR count). The SMILES string of the molecule is C=C[C@@]1(C)C(C#N)=C2[C@@]3(C(=O)Nc4ccccc43)C(C)(C)[C@@]2(C)C[C@H]1Cl. The number of hydrogen-bond donors (Lipinski definition) is 1. The van der Waals surface area contributed by atoms with Gasteiger partial charge in [-0.3, -0.25) is 4.79 Å². The lowest BCUT2D eigenvalue weighted by Gasteiger charge is -2.71. The quantitative estimate of drug-likeness (QED) is 0.565. The lowest BCUT2D eigenvalue weighted by molar-refractivity contribution is -0.141. The number of para-hydroxylation sites is 1. The van der Waals surface area contributed by atoms with Gasteiger partial charge in [0, 0.05) is 22.1 Å². The molecular formula is C22H23ClN2O. The Balaban J connectivity index is 2.14. The van der Waals surface area contributed by atoms with Crippen molar-refractivity contribution in [3.8, 4) is 6.07 Å². The highest BCUT2D eigenvalue weighted by Crippen LogP contribution is 2.79. The molecule has 1 aliphatic heterocycles. The Morgan fingerprint density at radius 2 is 1.96 bits per heavy atom. The first-order valence-electron chi connectivity index (χ1n) is 8.97. The van der Waals surface area contributed by atoms with Gasteiger partial charge in [-0.15, -0.1) is 18.2 Å². The van der Waals surface area contributed by atoms with E-state index >= 15 is 0 Å². The van der Waals surface area contributed by atoms with E-state index in [1.54, 1.807) is 6.08 Å². The summed E-state index contributed by atoms with van der Waals surface area (Å²) in [4.78, 5) is 13.4. The number of rotatable bonds is 1. The van der Waals surface area contributed by atoms with Gasteiger partial charge in [-0.2, -0.15) is 5.26 Å². The number of alkyl halides is 1. The van der Waals surface area contributed by atoms with E-state index in [1.807, 2.05) is 31.2 Å². The van der Waals surface area contributed by atoms with Gasteiger partial charge in [-0.25, -0.2) is 0 Å². The maximum absolute atomic E-state index is 13.4. The number of allylic oxidation sites excluding steroid dienone is 2. The molecular weight excluding hydrogens is 344 g/mol. The van der Waals surface area contributed by atoms with Gasteiger partial charge in [-0.05, 0) is 41.4 Å². The fraction of sp³-hybridized carbons (Fsp3) is 0.455. The standard InChI is InChI=1S/C22H23ClN2O/c1-6-20(4)14(12-24)17-21(5,11-16(20)23)19(2,3)22(17)13-9-7-8-10-15(13)25-18(22)26/h6-10,16H,1,11H2,2-5H3,(H,25,26)/t16-,20+,21+,22+/m1/s1. The van der Waals surface area contributed by atoms with E-state index in [1.165, 1.54) is 0 Å². The average Bonchev–Trinajstić information content (AvgIpc) is 2.91. The Hall–Kier alpha value is -2.05. The van der Waals surface area contributed by atoms with E-state index in [2.05, 4.69) is 38.7 Å². The highest BCUT2D eigenvalue weighted by molar-refractivity contribution is 6.22. The number of hydrogen-bond acceptors (Lipinski definition) is 2. The van der Waals surface area contributed by atoms with Crippen LogP contribution in [-0.4, -0.2) is 11.3 Å². The summed E-state index contributed by atoms with van der Waals surface area (Å²) in [6, 6.07) is 10.2. The number of benzene rings is 1. The molecule has 1 amide bonds. The van der Waals surface area contributed by atoms with Crippen LogP contribution in [0.5, 0.6) is 0 Å². The summed E-state index contributed by atoms with van der Waals surface area (Å²) in [5.74, 6) is -0.0386. The summed E-state index contributed by atoms with van der Waals surface area (Å²) < 4.78 is 0. The molecule has 4 atom stereocenters. The van der Waals surface area contributed by atoms with Gasteiger partial charge < -0.3 is 5.32 Å².